The number of primary amides is 1. The molecule has 1 aliphatic heterocycles. The number of rotatable bonds is 8. The maximum atomic E-state index is 12.9. The summed E-state index contributed by atoms with van der Waals surface area (Å²) in [6.45, 7) is 2.48. The first-order valence-electron chi connectivity index (χ1n) is 12.6. The summed E-state index contributed by atoms with van der Waals surface area (Å²) in [7, 11) is 1.93. The molecule has 36 heavy (non-hydrogen) atoms. The third-order valence-electron chi connectivity index (χ3n) is 7.26. The van der Waals surface area contributed by atoms with Gasteiger partial charge in [0.2, 0.25) is 17.8 Å². The average molecular weight is 485 g/mol. The summed E-state index contributed by atoms with van der Waals surface area (Å²) >= 11 is 0. The number of benzene rings is 2. The lowest BCUT2D eigenvalue weighted by atomic mass is 10.0. The number of hydrogen-bond acceptors (Lipinski definition) is 5. The van der Waals surface area contributed by atoms with Crippen molar-refractivity contribution in [2.75, 3.05) is 25.0 Å². The maximum absolute atomic E-state index is 12.9. The number of aromatic nitrogens is 3. The molecule has 2 aromatic heterocycles. The van der Waals surface area contributed by atoms with E-state index in [9.17, 15) is 9.59 Å². The second-order valence-electron chi connectivity index (χ2n) is 9.56. The fraction of sp³-hybridized carbons (Fsp3) is 0.357. The molecular formula is C28H32N6O2. The highest BCUT2D eigenvalue weighted by Gasteiger charge is 2.26. The zero-order chi connectivity index (χ0) is 25.1. The predicted octanol–water partition coefficient (Wildman–Crippen LogP) is 3.98. The van der Waals surface area contributed by atoms with Gasteiger partial charge in [-0.25, -0.2) is 9.97 Å². The van der Waals surface area contributed by atoms with Crippen LogP contribution in [0.3, 0.4) is 0 Å². The van der Waals surface area contributed by atoms with Crippen molar-refractivity contribution in [3.63, 3.8) is 0 Å². The summed E-state index contributed by atoms with van der Waals surface area (Å²) in [5.41, 5.74) is 7.89. The van der Waals surface area contributed by atoms with E-state index in [2.05, 4.69) is 14.5 Å². The van der Waals surface area contributed by atoms with Crippen molar-refractivity contribution in [3.8, 4) is 0 Å². The molecule has 8 nitrogen and oxygen atoms in total. The van der Waals surface area contributed by atoms with Crippen LogP contribution in [0.4, 0.5) is 5.95 Å². The molecule has 0 aliphatic carbocycles. The lowest BCUT2D eigenvalue weighted by Crippen LogP contribution is -2.46. The van der Waals surface area contributed by atoms with Crippen LogP contribution < -0.4 is 10.6 Å². The van der Waals surface area contributed by atoms with Crippen LogP contribution in [-0.2, 0) is 11.3 Å². The highest BCUT2D eigenvalue weighted by molar-refractivity contribution is 5.97. The maximum Gasteiger partial charge on any atom is 0.248 e. The van der Waals surface area contributed by atoms with Crippen LogP contribution in [0.15, 0.2) is 60.9 Å². The summed E-state index contributed by atoms with van der Waals surface area (Å²) in [5, 5.41) is 2.12. The monoisotopic (exact) mass is 484 g/mol. The molecule has 1 aliphatic rings. The smallest absolute Gasteiger partial charge is 0.248 e. The number of fused-ring (bicyclic) bond motifs is 2. The molecule has 1 fully saturated rings. The van der Waals surface area contributed by atoms with Crippen molar-refractivity contribution >= 4 is 39.6 Å². The normalized spacial score (nSPS) is 14.4. The minimum atomic E-state index is -0.422. The first-order valence-corrected chi connectivity index (χ1v) is 12.6. The van der Waals surface area contributed by atoms with Crippen LogP contribution in [0, 0.1) is 0 Å². The lowest BCUT2D eigenvalue weighted by Gasteiger charge is -2.36. The van der Waals surface area contributed by atoms with E-state index in [1.807, 2.05) is 66.8 Å². The number of carbonyl (C=O) groups excluding carboxylic acids is 2. The second kappa shape index (κ2) is 10.4. The fourth-order valence-corrected chi connectivity index (χ4v) is 5.04. The van der Waals surface area contributed by atoms with Gasteiger partial charge in [-0.3, -0.25) is 9.59 Å². The predicted molar refractivity (Wildman–Crippen MR) is 142 cm³/mol. The molecule has 0 saturated carbocycles. The summed E-state index contributed by atoms with van der Waals surface area (Å²) in [4.78, 5) is 37.8. The van der Waals surface area contributed by atoms with E-state index in [1.54, 1.807) is 6.07 Å². The molecule has 8 heteroatoms. The van der Waals surface area contributed by atoms with Crippen LogP contribution in [0.2, 0.25) is 0 Å². The molecule has 2 amide bonds. The Hall–Kier alpha value is -3.94. The molecule has 0 atom stereocenters. The summed E-state index contributed by atoms with van der Waals surface area (Å²) < 4.78 is 2.13. The Morgan fingerprint density at radius 3 is 2.67 bits per heavy atom. The molecule has 3 heterocycles. The van der Waals surface area contributed by atoms with Crippen LogP contribution in [0.25, 0.3) is 21.8 Å². The number of unbranched alkanes of at least 4 members (excludes halogenated alkanes) is 1. The number of anilines is 1. The number of para-hydroxylation sites is 1. The number of carbonyl (C=O) groups is 2. The molecule has 2 N–H and O–H groups in total. The Kier molecular flexibility index (Phi) is 6.84. The van der Waals surface area contributed by atoms with Gasteiger partial charge in [0.05, 0.1) is 5.52 Å². The van der Waals surface area contributed by atoms with E-state index < -0.39 is 5.91 Å². The molecule has 0 unspecified atom stereocenters. The second-order valence-corrected chi connectivity index (χ2v) is 9.56. The minimum Gasteiger partial charge on any atom is -0.366 e. The fourth-order valence-electron chi connectivity index (χ4n) is 5.04. The molecule has 0 spiro atoms. The lowest BCUT2D eigenvalue weighted by molar-refractivity contribution is -0.132. The van der Waals surface area contributed by atoms with Gasteiger partial charge in [-0.1, -0.05) is 24.3 Å². The van der Waals surface area contributed by atoms with Crippen molar-refractivity contribution < 1.29 is 9.59 Å². The zero-order valence-corrected chi connectivity index (χ0v) is 20.6. The standard InChI is InChI=1S/C28H32N6O2/c1-32(23-12-16-34(17-13-23)28-30-19-22-6-2-3-7-24(22)31-28)26(35)8-4-5-14-33-15-11-20-9-10-21(27(29)36)18-25(20)33/h2-3,6-7,9-11,15,18-19,23H,4-5,8,12-14,16-17H2,1H3,(H2,29,36). The molecule has 2 aromatic carbocycles. The van der Waals surface area contributed by atoms with Gasteiger partial charge in [0, 0.05) is 68.0 Å². The van der Waals surface area contributed by atoms with Crippen LogP contribution in [0.5, 0.6) is 0 Å². The highest BCUT2D eigenvalue weighted by atomic mass is 16.2. The van der Waals surface area contributed by atoms with Crippen molar-refractivity contribution in [2.45, 2.75) is 44.7 Å². The van der Waals surface area contributed by atoms with Crippen molar-refractivity contribution in [1.29, 1.82) is 0 Å². The van der Waals surface area contributed by atoms with Crippen LogP contribution in [0.1, 0.15) is 42.5 Å². The van der Waals surface area contributed by atoms with Gasteiger partial charge in [0.25, 0.3) is 0 Å². The van der Waals surface area contributed by atoms with E-state index in [4.69, 9.17) is 10.7 Å². The van der Waals surface area contributed by atoms with Crippen molar-refractivity contribution in [2.24, 2.45) is 5.73 Å². The van der Waals surface area contributed by atoms with E-state index in [1.165, 1.54) is 0 Å². The Morgan fingerprint density at radius 1 is 1.06 bits per heavy atom. The number of nitrogens with two attached hydrogens (primary N) is 1. The van der Waals surface area contributed by atoms with Gasteiger partial charge >= 0.3 is 0 Å². The molecule has 4 aromatic rings. The van der Waals surface area contributed by atoms with E-state index in [0.29, 0.717) is 12.0 Å². The summed E-state index contributed by atoms with van der Waals surface area (Å²) in [5.74, 6) is 0.541. The number of nitrogens with zero attached hydrogens (tertiary/aromatic N) is 5. The minimum absolute atomic E-state index is 0.198. The van der Waals surface area contributed by atoms with Crippen molar-refractivity contribution in [1.82, 2.24) is 19.4 Å². The third-order valence-corrected chi connectivity index (χ3v) is 7.26. The zero-order valence-electron chi connectivity index (χ0n) is 20.6. The molecule has 0 radical (unpaired) electrons. The van der Waals surface area contributed by atoms with Gasteiger partial charge in [0.15, 0.2) is 0 Å². The number of hydrogen-bond donors (Lipinski definition) is 1. The Morgan fingerprint density at radius 2 is 1.86 bits per heavy atom. The third kappa shape index (κ3) is 5.03. The molecule has 0 bridgehead atoms. The molecule has 1 saturated heterocycles. The average Bonchev–Trinajstić information content (AvgIpc) is 3.32. The van der Waals surface area contributed by atoms with Gasteiger partial charge < -0.3 is 20.1 Å². The van der Waals surface area contributed by atoms with E-state index in [-0.39, 0.29) is 11.9 Å². The molecular weight excluding hydrogens is 452 g/mol. The van der Waals surface area contributed by atoms with Gasteiger partial charge in [0.1, 0.15) is 0 Å². The number of piperidine rings is 1. The Labute approximate surface area is 210 Å². The molecule has 5 rings (SSSR count). The first-order chi connectivity index (χ1) is 17.5. The largest absolute Gasteiger partial charge is 0.366 e. The Bertz CT molecular complexity index is 1390. The van der Waals surface area contributed by atoms with Crippen LogP contribution in [-0.4, -0.2) is 57.4 Å². The highest BCUT2D eigenvalue weighted by Crippen LogP contribution is 2.22. The topological polar surface area (TPSA) is 97.4 Å². The SMILES string of the molecule is CN(C(=O)CCCCn1ccc2ccc(C(N)=O)cc21)C1CCN(c2ncc3ccccc3n2)CC1. The first kappa shape index (κ1) is 23.8. The van der Waals surface area contributed by atoms with Gasteiger partial charge in [-0.2, -0.15) is 0 Å². The number of amides is 2. The number of aryl methyl sites for hydroxylation is 1. The van der Waals surface area contributed by atoms with E-state index >= 15 is 0 Å². The van der Waals surface area contributed by atoms with E-state index in [0.717, 1.165) is 73.1 Å². The van der Waals surface area contributed by atoms with Gasteiger partial charge in [-0.05, 0) is 55.3 Å². The summed E-state index contributed by atoms with van der Waals surface area (Å²) in [6.07, 6.45) is 7.98. The van der Waals surface area contributed by atoms with Gasteiger partial charge in [-0.15, -0.1) is 0 Å². The van der Waals surface area contributed by atoms with Crippen molar-refractivity contribution in [3.05, 3.63) is 66.5 Å². The summed E-state index contributed by atoms with van der Waals surface area (Å²) in [6, 6.07) is 15.8. The molecule has 186 valence electrons. The van der Waals surface area contributed by atoms with Crippen LogP contribution >= 0.6 is 0 Å². The Balaban J connectivity index is 1.09. The quantitative estimate of drug-likeness (QED) is 0.382.